The number of carbonyl (C=O) groups is 1. The van der Waals surface area contributed by atoms with E-state index in [1.54, 1.807) is 24.3 Å². The van der Waals surface area contributed by atoms with Crippen LogP contribution in [0.2, 0.25) is 10.0 Å². The highest BCUT2D eigenvalue weighted by atomic mass is 35.5. The summed E-state index contributed by atoms with van der Waals surface area (Å²) in [6.07, 6.45) is 3.40. The van der Waals surface area contributed by atoms with Crippen LogP contribution < -0.4 is 10.6 Å². The average molecular weight is 376 g/mol. The summed E-state index contributed by atoms with van der Waals surface area (Å²) in [7, 11) is 0. The minimum absolute atomic E-state index is 0.00160. The summed E-state index contributed by atoms with van der Waals surface area (Å²) in [4.78, 5) is 16.3. The summed E-state index contributed by atoms with van der Waals surface area (Å²) in [5.41, 5.74) is 8.50. The SMILES string of the molecule is Nc1cccc(Cl)c1N1CCN(C(=O)/C=C/c2ccc(Cl)cc2)CC1. The summed E-state index contributed by atoms with van der Waals surface area (Å²) in [6, 6.07) is 12.9. The monoisotopic (exact) mass is 375 g/mol. The van der Waals surface area contributed by atoms with Gasteiger partial charge < -0.3 is 15.5 Å². The van der Waals surface area contributed by atoms with Crippen molar-refractivity contribution < 1.29 is 4.79 Å². The number of para-hydroxylation sites is 1. The van der Waals surface area contributed by atoms with Crippen LogP contribution in [0.25, 0.3) is 6.08 Å². The number of amides is 1. The number of carbonyl (C=O) groups excluding carboxylic acids is 1. The standard InChI is InChI=1S/C19H19Cl2N3O/c20-15-7-4-14(5-8-15)6-9-18(25)23-10-12-24(13-11-23)19-16(21)2-1-3-17(19)22/h1-9H,10-13,22H2/b9-6+. The fourth-order valence-corrected chi connectivity index (χ4v) is 3.29. The molecule has 0 saturated carbocycles. The lowest BCUT2D eigenvalue weighted by Gasteiger charge is -2.36. The Bertz CT molecular complexity index is 762. The van der Waals surface area contributed by atoms with E-state index in [-0.39, 0.29) is 5.91 Å². The molecule has 0 aliphatic carbocycles. The molecule has 1 heterocycles. The first-order chi connectivity index (χ1) is 12.0. The van der Waals surface area contributed by atoms with Crippen molar-refractivity contribution in [1.29, 1.82) is 0 Å². The van der Waals surface area contributed by atoms with Gasteiger partial charge in [0, 0.05) is 37.3 Å². The predicted octanol–water partition coefficient (Wildman–Crippen LogP) is 3.94. The van der Waals surface area contributed by atoms with Crippen LogP contribution in [-0.4, -0.2) is 37.0 Å². The van der Waals surface area contributed by atoms with E-state index in [1.165, 1.54) is 0 Å². The summed E-state index contributed by atoms with van der Waals surface area (Å²) < 4.78 is 0. The molecule has 1 saturated heterocycles. The van der Waals surface area contributed by atoms with Gasteiger partial charge in [0.15, 0.2) is 0 Å². The topological polar surface area (TPSA) is 49.6 Å². The molecule has 130 valence electrons. The van der Waals surface area contributed by atoms with E-state index in [2.05, 4.69) is 4.90 Å². The van der Waals surface area contributed by atoms with E-state index in [0.29, 0.717) is 41.9 Å². The van der Waals surface area contributed by atoms with Crippen LogP contribution in [0.3, 0.4) is 0 Å². The predicted molar refractivity (Wildman–Crippen MR) is 105 cm³/mol. The van der Waals surface area contributed by atoms with Gasteiger partial charge in [0.05, 0.1) is 16.4 Å². The lowest BCUT2D eigenvalue weighted by Crippen LogP contribution is -2.48. The van der Waals surface area contributed by atoms with Crippen molar-refractivity contribution in [3.05, 3.63) is 64.1 Å². The van der Waals surface area contributed by atoms with Crippen molar-refractivity contribution in [2.75, 3.05) is 36.8 Å². The zero-order valence-electron chi connectivity index (χ0n) is 13.7. The van der Waals surface area contributed by atoms with Crippen molar-refractivity contribution >= 4 is 46.6 Å². The highest BCUT2D eigenvalue weighted by Gasteiger charge is 2.22. The lowest BCUT2D eigenvalue weighted by atomic mass is 10.2. The molecule has 0 radical (unpaired) electrons. The normalized spacial score (nSPS) is 15.0. The molecule has 1 aliphatic heterocycles. The van der Waals surface area contributed by atoms with Crippen LogP contribution in [-0.2, 0) is 4.79 Å². The van der Waals surface area contributed by atoms with Crippen LogP contribution in [0.1, 0.15) is 5.56 Å². The number of nitrogen functional groups attached to an aromatic ring is 1. The Labute approximate surface area is 157 Å². The second kappa shape index (κ2) is 7.81. The van der Waals surface area contributed by atoms with Gasteiger partial charge >= 0.3 is 0 Å². The Morgan fingerprint density at radius 2 is 1.68 bits per heavy atom. The van der Waals surface area contributed by atoms with Crippen molar-refractivity contribution in [2.45, 2.75) is 0 Å². The van der Waals surface area contributed by atoms with E-state index < -0.39 is 0 Å². The summed E-state index contributed by atoms with van der Waals surface area (Å²) in [5.74, 6) is 0.00160. The molecule has 6 heteroatoms. The zero-order valence-corrected chi connectivity index (χ0v) is 15.2. The first kappa shape index (κ1) is 17.6. The molecule has 2 N–H and O–H groups in total. The smallest absolute Gasteiger partial charge is 0.246 e. The van der Waals surface area contributed by atoms with Gasteiger partial charge in [-0.2, -0.15) is 0 Å². The molecule has 2 aromatic rings. The van der Waals surface area contributed by atoms with Gasteiger partial charge in [-0.15, -0.1) is 0 Å². The maximum absolute atomic E-state index is 12.4. The minimum atomic E-state index is 0.00160. The molecule has 0 bridgehead atoms. The Morgan fingerprint density at radius 3 is 2.32 bits per heavy atom. The highest BCUT2D eigenvalue weighted by molar-refractivity contribution is 6.34. The van der Waals surface area contributed by atoms with E-state index in [0.717, 1.165) is 11.3 Å². The van der Waals surface area contributed by atoms with Crippen molar-refractivity contribution in [1.82, 2.24) is 4.90 Å². The molecule has 0 spiro atoms. The van der Waals surface area contributed by atoms with Crippen molar-refractivity contribution in [3.63, 3.8) is 0 Å². The number of piperazine rings is 1. The fraction of sp³-hybridized carbons (Fsp3) is 0.211. The lowest BCUT2D eigenvalue weighted by molar-refractivity contribution is -0.126. The molecule has 0 atom stereocenters. The van der Waals surface area contributed by atoms with Gasteiger partial charge in [-0.1, -0.05) is 41.4 Å². The molecule has 0 aromatic heterocycles. The third kappa shape index (κ3) is 4.27. The number of nitrogens with zero attached hydrogens (tertiary/aromatic N) is 2. The van der Waals surface area contributed by atoms with Gasteiger partial charge in [0.25, 0.3) is 0 Å². The Morgan fingerprint density at radius 1 is 1.00 bits per heavy atom. The van der Waals surface area contributed by atoms with Crippen LogP contribution in [0.4, 0.5) is 11.4 Å². The van der Waals surface area contributed by atoms with Gasteiger partial charge in [-0.05, 0) is 35.9 Å². The fourth-order valence-electron chi connectivity index (χ4n) is 2.86. The van der Waals surface area contributed by atoms with Crippen LogP contribution in [0.15, 0.2) is 48.5 Å². The molecule has 25 heavy (non-hydrogen) atoms. The number of anilines is 2. The Balaban J connectivity index is 1.60. The molecular formula is C19H19Cl2N3O. The van der Waals surface area contributed by atoms with Crippen molar-refractivity contribution in [3.8, 4) is 0 Å². The molecule has 1 aliphatic rings. The number of nitrogens with two attached hydrogens (primary N) is 1. The molecule has 2 aromatic carbocycles. The minimum Gasteiger partial charge on any atom is -0.397 e. The molecule has 1 fully saturated rings. The van der Waals surface area contributed by atoms with Gasteiger partial charge in [-0.25, -0.2) is 0 Å². The van der Waals surface area contributed by atoms with Crippen LogP contribution >= 0.6 is 23.2 Å². The first-order valence-corrected chi connectivity index (χ1v) is 8.81. The Kier molecular flexibility index (Phi) is 5.51. The third-order valence-electron chi connectivity index (χ3n) is 4.21. The molecular weight excluding hydrogens is 357 g/mol. The van der Waals surface area contributed by atoms with Gasteiger partial charge in [0.2, 0.25) is 5.91 Å². The number of hydrogen-bond donors (Lipinski definition) is 1. The first-order valence-electron chi connectivity index (χ1n) is 8.06. The largest absolute Gasteiger partial charge is 0.397 e. The molecule has 4 nitrogen and oxygen atoms in total. The average Bonchev–Trinajstić information content (AvgIpc) is 2.61. The van der Waals surface area contributed by atoms with E-state index in [4.69, 9.17) is 28.9 Å². The number of halogens is 2. The molecule has 1 amide bonds. The maximum Gasteiger partial charge on any atom is 0.246 e. The molecule has 0 unspecified atom stereocenters. The van der Waals surface area contributed by atoms with E-state index >= 15 is 0 Å². The van der Waals surface area contributed by atoms with Gasteiger partial charge in [-0.3, -0.25) is 4.79 Å². The summed E-state index contributed by atoms with van der Waals surface area (Å²) in [5, 5.41) is 1.32. The quantitative estimate of drug-likeness (QED) is 0.652. The van der Waals surface area contributed by atoms with E-state index in [1.807, 2.05) is 35.2 Å². The maximum atomic E-state index is 12.4. The van der Waals surface area contributed by atoms with Crippen LogP contribution in [0, 0.1) is 0 Å². The second-order valence-corrected chi connectivity index (χ2v) is 6.72. The number of hydrogen-bond acceptors (Lipinski definition) is 3. The summed E-state index contributed by atoms with van der Waals surface area (Å²) in [6.45, 7) is 2.67. The highest BCUT2D eigenvalue weighted by Crippen LogP contribution is 2.32. The molecule has 3 rings (SSSR count). The van der Waals surface area contributed by atoms with Gasteiger partial charge in [0.1, 0.15) is 0 Å². The summed E-state index contributed by atoms with van der Waals surface area (Å²) >= 11 is 12.1. The number of rotatable bonds is 3. The zero-order chi connectivity index (χ0) is 17.8. The van der Waals surface area contributed by atoms with E-state index in [9.17, 15) is 4.79 Å². The Hall–Kier alpha value is -2.17. The van der Waals surface area contributed by atoms with Crippen LogP contribution in [0.5, 0.6) is 0 Å². The van der Waals surface area contributed by atoms with Crippen molar-refractivity contribution in [2.24, 2.45) is 0 Å². The third-order valence-corrected chi connectivity index (χ3v) is 4.77. The number of benzene rings is 2. The second-order valence-electron chi connectivity index (χ2n) is 5.87.